The summed E-state index contributed by atoms with van der Waals surface area (Å²) in [5.41, 5.74) is -0.126. The molecular formula is C21H24N4O6. The van der Waals surface area contributed by atoms with E-state index in [1.54, 1.807) is 20.3 Å². The third-order valence-electron chi connectivity index (χ3n) is 4.89. The Morgan fingerprint density at radius 2 is 1.74 bits per heavy atom. The summed E-state index contributed by atoms with van der Waals surface area (Å²) in [5, 5.41) is 2.87. The number of pyridine rings is 1. The van der Waals surface area contributed by atoms with E-state index >= 15 is 0 Å². The van der Waals surface area contributed by atoms with Gasteiger partial charge in [-0.15, -0.1) is 0 Å². The lowest BCUT2D eigenvalue weighted by Gasteiger charge is -2.12. The zero-order valence-electron chi connectivity index (χ0n) is 17.8. The maximum absolute atomic E-state index is 12.9. The van der Waals surface area contributed by atoms with Gasteiger partial charge < -0.3 is 19.5 Å². The summed E-state index contributed by atoms with van der Waals surface area (Å²) in [4.78, 5) is 42.0. The van der Waals surface area contributed by atoms with Crippen LogP contribution in [-0.4, -0.2) is 47.9 Å². The Bertz CT molecular complexity index is 1230. The van der Waals surface area contributed by atoms with Crippen LogP contribution in [0.5, 0.6) is 17.2 Å². The number of aryl methyl sites for hydroxylation is 1. The fourth-order valence-electron chi connectivity index (χ4n) is 3.27. The Labute approximate surface area is 178 Å². The average Bonchev–Trinajstić information content (AvgIpc) is 2.79. The molecule has 1 amide bonds. The molecule has 3 rings (SSSR count). The summed E-state index contributed by atoms with van der Waals surface area (Å²) in [7, 11) is 6.02. The van der Waals surface area contributed by atoms with Gasteiger partial charge >= 0.3 is 5.69 Å². The largest absolute Gasteiger partial charge is 0.496 e. The molecular weight excluding hydrogens is 404 g/mol. The lowest BCUT2D eigenvalue weighted by Crippen LogP contribution is -2.43. The van der Waals surface area contributed by atoms with E-state index in [4.69, 9.17) is 14.2 Å². The Morgan fingerprint density at radius 1 is 1.03 bits per heavy atom. The highest BCUT2D eigenvalue weighted by atomic mass is 16.5. The number of methoxy groups -OCH3 is 3. The van der Waals surface area contributed by atoms with Crippen LogP contribution in [0.1, 0.15) is 5.56 Å². The highest BCUT2D eigenvalue weighted by molar-refractivity contribution is 5.81. The molecule has 0 fully saturated rings. The molecule has 0 bridgehead atoms. The quantitative estimate of drug-likeness (QED) is 0.555. The Balaban J connectivity index is 1.75. The zero-order valence-corrected chi connectivity index (χ0v) is 17.8. The molecule has 10 nitrogen and oxygen atoms in total. The first kappa shape index (κ1) is 21.9. The number of fused-ring (bicyclic) bond motifs is 1. The van der Waals surface area contributed by atoms with E-state index in [-0.39, 0.29) is 16.8 Å². The number of benzene rings is 1. The number of carbonyl (C=O) groups excluding carboxylic acids is 1. The Kier molecular flexibility index (Phi) is 6.58. The van der Waals surface area contributed by atoms with Crippen molar-refractivity contribution >= 4 is 16.9 Å². The topological polar surface area (TPSA) is 114 Å². The second kappa shape index (κ2) is 9.33. The maximum atomic E-state index is 12.9. The van der Waals surface area contributed by atoms with E-state index in [9.17, 15) is 14.4 Å². The lowest BCUT2D eigenvalue weighted by molar-refractivity contribution is -0.121. The number of nitrogens with zero attached hydrogens (tertiary/aromatic N) is 3. The first-order chi connectivity index (χ1) is 14.9. The molecule has 0 aliphatic carbocycles. The molecule has 31 heavy (non-hydrogen) atoms. The molecule has 0 spiro atoms. The van der Waals surface area contributed by atoms with Gasteiger partial charge in [-0.05, 0) is 30.2 Å². The van der Waals surface area contributed by atoms with Crippen LogP contribution in [0, 0.1) is 0 Å². The monoisotopic (exact) mass is 428 g/mol. The number of carbonyl (C=O) groups is 1. The molecule has 3 aromatic rings. The fourth-order valence-corrected chi connectivity index (χ4v) is 3.27. The number of nitrogens with one attached hydrogen (secondary N) is 1. The van der Waals surface area contributed by atoms with Crippen LogP contribution < -0.4 is 30.8 Å². The first-order valence-electron chi connectivity index (χ1n) is 9.51. The van der Waals surface area contributed by atoms with Crippen LogP contribution in [0.15, 0.2) is 40.1 Å². The van der Waals surface area contributed by atoms with Gasteiger partial charge in [0.25, 0.3) is 5.56 Å². The smallest absolute Gasteiger partial charge is 0.332 e. The molecule has 0 radical (unpaired) electrons. The number of hydrogen-bond donors (Lipinski definition) is 1. The minimum absolute atomic E-state index is 0.144. The van der Waals surface area contributed by atoms with Crippen LogP contribution in [-0.2, 0) is 24.8 Å². The second-order valence-corrected chi connectivity index (χ2v) is 6.73. The number of amides is 1. The first-order valence-corrected chi connectivity index (χ1v) is 9.51. The molecule has 0 unspecified atom stereocenters. The van der Waals surface area contributed by atoms with Crippen molar-refractivity contribution in [2.24, 2.45) is 7.05 Å². The molecule has 1 aromatic carbocycles. The van der Waals surface area contributed by atoms with Gasteiger partial charge in [0.1, 0.15) is 17.7 Å². The van der Waals surface area contributed by atoms with Crippen molar-refractivity contribution in [3.63, 3.8) is 0 Å². The Morgan fingerprint density at radius 3 is 2.42 bits per heavy atom. The molecule has 10 heteroatoms. The van der Waals surface area contributed by atoms with E-state index in [0.717, 1.165) is 10.1 Å². The van der Waals surface area contributed by atoms with Gasteiger partial charge in [0.15, 0.2) is 17.1 Å². The molecule has 0 saturated heterocycles. The molecule has 164 valence electrons. The standard InChI is InChI=1S/C21H24N4O6/c1-24-19-18(15(30-3)8-10-23-19)20(27)25(21(24)28)12-17(26)22-9-7-13-5-6-14(29-2)16(11-13)31-4/h5-6,8,10-11H,7,9,12H2,1-4H3,(H,22,26). The molecule has 1 N–H and O–H groups in total. The summed E-state index contributed by atoms with van der Waals surface area (Å²) < 4.78 is 17.8. The molecule has 0 aliphatic rings. The maximum Gasteiger partial charge on any atom is 0.332 e. The van der Waals surface area contributed by atoms with Gasteiger partial charge in [-0.2, -0.15) is 0 Å². The van der Waals surface area contributed by atoms with Crippen LogP contribution >= 0.6 is 0 Å². The van der Waals surface area contributed by atoms with Crippen molar-refractivity contribution in [1.29, 1.82) is 0 Å². The number of ether oxygens (including phenoxy) is 3. The summed E-state index contributed by atoms with van der Waals surface area (Å²) in [5.74, 6) is 1.04. The third-order valence-corrected chi connectivity index (χ3v) is 4.89. The summed E-state index contributed by atoms with van der Waals surface area (Å²) in [6, 6.07) is 7.02. The van der Waals surface area contributed by atoms with Gasteiger partial charge in [-0.1, -0.05) is 6.07 Å². The van der Waals surface area contributed by atoms with Crippen LogP contribution in [0.3, 0.4) is 0 Å². The van der Waals surface area contributed by atoms with Crippen molar-refractivity contribution in [1.82, 2.24) is 19.4 Å². The molecule has 2 heterocycles. The van der Waals surface area contributed by atoms with E-state index in [1.807, 2.05) is 12.1 Å². The van der Waals surface area contributed by atoms with E-state index in [1.165, 1.54) is 31.0 Å². The van der Waals surface area contributed by atoms with Gasteiger partial charge in [0.05, 0.1) is 21.3 Å². The summed E-state index contributed by atoms with van der Waals surface area (Å²) >= 11 is 0. The van der Waals surface area contributed by atoms with Crippen LogP contribution in [0.4, 0.5) is 0 Å². The van der Waals surface area contributed by atoms with Crippen LogP contribution in [0.2, 0.25) is 0 Å². The number of aromatic nitrogens is 3. The predicted molar refractivity (Wildman–Crippen MR) is 114 cm³/mol. The third kappa shape index (κ3) is 4.37. The molecule has 0 saturated carbocycles. The second-order valence-electron chi connectivity index (χ2n) is 6.73. The summed E-state index contributed by atoms with van der Waals surface area (Å²) in [6.45, 7) is -0.0900. The minimum Gasteiger partial charge on any atom is -0.496 e. The van der Waals surface area contributed by atoms with Crippen molar-refractivity contribution in [3.8, 4) is 17.2 Å². The lowest BCUT2D eigenvalue weighted by atomic mass is 10.1. The average molecular weight is 428 g/mol. The minimum atomic E-state index is -0.631. The predicted octanol–water partition coefficient (Wildman–Crippen LogP) is 0.480. The van der Waals surface area contributed by atoms with Gasteiger partial charge in [-0.3, -0.25) is 14.2 Å². The highest BCUT2D eigenvalue weighted by Crippen LogP contribution is 2.27. The van der Waals surface area contributed by atoms with Gasteiger partial charge in [0.2, 0.25) is 5.91 Å². The van der Waals surface area contributed by atoms with Crippen molar-refractivity contribution in [2.45, 2.75) is 13.0 Å². The van der Waals surface area contributed by atoms with Crippen molar-refractivity contribution in [2.75, 3.05) is 27.9 Å². The fraction of sp³-hybridized carbons (Fsp3) is 0.333. The SMILES string of the molecule is COc1ccc(CCNC(=O)Cn2c(=O)c3c(OC)ccnc3n(C)c2=O)cc1OC. The number of hydrogen-bond acceptors (Lipinski definition) is 7. The molecule has 0 aliphatic heterocycles. The van der Waals surface area contributed by atoms with Gasteiger partial charge in [-0.25, -0.2) is 14.3 Å². The van der Waals surface area contributed by atoms with E-state index in [2.05, 4.69) is 10.3 Å². The van der Waals surface area contributed by atoms with E-state index in [0.29, 0.717) is 24.5 Å². The molecule has 2 aromatic heterocycles. The summed E-state index contributed by atoms with van der Waals surface area (Å²) in [6.07, 6.45) is 1.99. The Hall–Kier alpha value is -3.82. The zero-order chi connectivity index (χ0) is 22.5. The van der Waals surface area contributed by atoms with Gasteiger partial charge in [0, 0.05) is 19.8 Å². The van der Waals surface area contributed by atoms with E-state index < -0.39 is 23.7 Å². The number of rotatable bonds is 8. The normalized spacial score (nSPS) is 10.7. The van der Waals surface area contributed by atoms with Crippen LogP contribution in [0.25, 0.3) is 11.0 Å². The highest BCUT2D eigenvalue weighted by Gasteiger charge is 2.17. The van der Waals surface area contributed by atoms with Crippen molar-refractivity contribution < 1.29 is 19.0 Å². The van der Waals surface area contributed by atoms with Crippen molar-refractivity contribution in [3.05, 3.63) is 56.9 Å². The molecule has 0 atom stereocenters.